The molecule has 1 aromatic rings. The summed E-state index contributed by atoms with van der Waals surface area (Å²) in [5.74, 6) is 2.69. The van der Waals surface area contributed by atoms with Crippen molar-refractivity contribution in [1.82, 2.24) is 0 Å². The molecule has 0 aromatic heterocycles. The standard InChI is InChI=1S/C17H28OSi/c1-17(2,3)19(5,6)12-14-11-16(14)13-7-9-15(18-4)10-8-13/h7-10,14,16H,11-12H2,1-6H3/t14-,16-/m0/s1. The topological polar surface area (TPSA) is 9.23 Å². The Morgan fingerprint density at radius 2 is 1.74 bits per heavy atom. The molecule has 0 N–H and O–H groups in total. The predicted octanol–water partition coefficient (Wildman–Crippen LogP) is 5.31. The highest BCUT2D eigenvalue weighted by atomic mass is 28.3. The third-order valence-corrected chi connectivity index (χ3v) is 10.9. The van der Waals surface area contributed by atoms with Gasteiger partial charge in [-0.25, -0.2) is 0 Å². The van der Waals surface area contributed by atoms with Gasteiger partial charge in [-0.2, -0.15) is 0 Å². The van der Waals surface area contributed by atoms with Crippen LogP contribution >= 0.6 is 0 Å². The maximum atomic E-state index is 5.23. The number of benzene rings is 1. The van der Waals surface area contributed by atoms with E-state index in [0.29, 0.717) is 5.04 Å². The van der Waals surface area contributed by atoms with Crippen LogP contribution in [-0.2, 0) is 0 Å². The molecule has 1 aliphatic rings. The van der Waals surface area contributed by atoms with Crippen LogP contribution in [0.25, 0.3) is 0 Å². The van der Waals surface area contributed by atoms with Crippen LogP contribution < -0.4 is 4.74 Å². The van der Waals surface area contributed by atoms with Gasteiger partial charge in [-0.3, -0.25) is 0 Å². The zero-order valence-corrected chi connectivity index (χ0v) is 14.3. The lowest BCUT2D eigenvalue weighted by molar-refractivity contribution is 0.414. The summed E-state index contributed by atoms with van der Waals surface area (Å²) in [6, 6.07) is 10.1. The van der Waals surface area contributed by atoms with Gasteiger partial charge in [0, 0.05) is 0 Å². The molecule has 0 saturated heterocycles. The maximum absolute atomic E-state index is 5.23. The molecule has 2 atom stereocenters. The van der Waals surface area contributed by atoms with E-state index in [4.69, 9.17) is 4.74 Å². The SMILES string of the molecule is COc1ccc([C@@H]2C[C@H]2C[Si](C)(C)C(C)(C)C)cc1. The predicted molar refractivity (Wildman–Crippen MR) is 85.8 cm³/mol. The molecule has 19 heavy (non-hydrogen) atoms. The number of methoxy groups -OCH3 is 1. The molecular weight excluding hydrogens is 248 g/mol. The van der Waals surface area contributed by atoms with Crippen molar-refractivity contribution in [2.45, 2.75) is 57.3 Å². The molecule has 1 nitrogen and oxygen atoms in total. The smallest absolute Gasteiger partial charge is 0.118 e. The van der Waals surface area contributed by atoms with Gasteiger partial charge in [-0.15, -0.1) is 0 Å². The van der Waals surface area contributed by atoms with E-state index in [2.05, 4.69) is 58.1 Å². The van der Waals surface area contributed by atoms with Gasteiger partial charge in [0.25, 0.3) is 0 Å². The lowest BCUT2D eigenvalue weighted by atomic mass is 10.1. The van der Waals surface area contributed by atoms with Gasteiger partial charge in [0.05, 0.1) is 15.2 Å². The van der Waals surface area contributed by atoms with E-state index < -0.39 is 8.07 Å². The van der Waals surface area contributed by atoms with Gasteiger partial charge in [-0.05, 0) is 41.0 Å². The highest BCUT2D eigenvalue weighted by Crippen LogP contribution is 2.55. The Balaban J connectivity index is 1.97. The quantitative estimate of drug-likeness (QED) is 0.677. The first-order chi connectivity index (χ1) is 8.74. The molecule has 2 heteroatoms. The average molecular weight is 276 g/mol. The summed E-state index contributed by atoms with van der Waals surface area (Å²) in [4.78, 5) is 0. The Morgan fingerprint density at radius 1 is 1.16 bits per heavy atom. The molecule has 2 rings (SSSR count). The van der Waals surface area contributed by atoms with E-state index >= 15 is 0 Å². The molecule has 0 unspecified atom stereocenters. The van der Waals surface area contributed by atoms with Gasteiger partial charge >= 0.3 is 0 Å². The van der Waals surface area contributed by atoms with Crippen LogP contribution in [0.15, 0.2) is 24.3 Å². The Morgan fingerprint density at radius 3 is 2.21 bits per heavy atom. The first kappa shape index (κ1) is 14.6. The highest BCUT2D eigenvalue weighted by molar-refractivity contribution is 6.80. The number of rotatable bonds is 4. The van der Waals surface area contributed by atoms with E-state index in [-0.39, 0.29) is 0 Å². The molecule has 1 aromatic carbocycles. The second-order valence-corrected chi connectivity index (χ2v) is 13.4. The van der Waals surface area contributed by atoms with Crippen LogP contribution in [0.5, 0.6) is 5.75 Å². The Bertz CT molecular complexity index is 428. The van der Waals surface area contributed by atoms with Crippen LogP contribution in [0, 0.1) is 5.92 Å². The van der Waals surface area contributed by atoms with E-state index in [0.717, 1.165) is 17.6 Å². The second-order valence-electron chi connectivity index (χ2n) is 7.71. The van der Waals surface area contributed by atoms with Crippen LogP contribution in [0.4, 0.5) is 0 Å². The zero-order valence-electron chi connectivity index (χ0n) is 13.3. The van der Waals surface area contributed by atoms with E-state index in [9.17, 15) is 0 Å². The van der Waals surface area contributed by atoms with Crippen molar-refractivity contribution in [2.75, 3.05) is 7.11 Å². The van der Waals surface area contributed by atoms with Crippen molar-refractivity contribution < 1.29 is 4.74 Å². The van der Waals surface area contributed by atoms with Crippen molar-refractivity contribution in [1.29, 1.82) is 0 Å². The van der Waals surface area contributed by atoms with Gasteiger partial charge in [-0.1, -0.05) is 52.0 Å². The zero-order chi connectivity index (χ0) is 14.3. The summed E-state index contributed by atoms with van der Waals surface area (Å²) in [5.41, 5.74) is 1.50. The molecular formula is C17H28OSi. The number of ether oxygens (including phenoxy) is 1. The monoisotopic (exact) mass is 276 g/mol. The van der Waals surface area contributed by atoms with Crippen LogP contribution in [0.1, 0.15) is 38.7 Å². The maximum Gasteiger partial charge on any atom is 0.118 e. The normalized spacial score (nSPS) is 23.3. The lowest BCUT2D eigenvalue weighted by Gasteiger charge is -2.37. The van der Waals surface area contributed by atoms with Crippen LogP contribution in [0.3, 0.4) is 0 Å². The minimum absolute atomic E-state index is 0.514. The fourth-order valence-corrected chi connectivity index (χ4v) is 5.07. The Kier molecular flexibility index (Phi) is 3.83. The summed E-state index contributed by atoms with van der Waals surface area (Å²) < 4.78 is 5.23. The number of hydrogen-bond acceptors (Lipinski definition) is 1. The van der Waals surface area contributed by atoms with Crippen LogP contribution in [-0.4, -0.2) is 15.2 Å². The minimum Gasteiger partial charge on any atom is -0.497 e. The van der Waals surface area contributed by atoms with Gasteiger partial charge in [0.15, 0.2) is 0 Å². The summed E-state index contributed by atoms with van der Waals surface area (Å²) >= 11 is 0. The Hall–Kier alpha value is -0.763. The summed E-state index contributed by atoms with van der Waals surface area (Å²) in [6.45, 7) is 12.4. The molecule has 1 saturated carbocycles. The number of hydrogen-bond donors (Lipinski definition) is 0. The highest BCUT2D eigenvalue weighted by Gasteiger charge is 2.45. The molecule has 1 aliphatic carbocycles. The van der Waals surface area contributed by atoms with Crippen molar-refractivity contribution in [3.8, 4) is 5.75 Å². The van der Waals surface area contributed by atoms with E-state index in [1.54, 1.807) is 7.11 Å². The third kappa shape index (κ3) is 3.22. The molecule has 0 heterocycles. The summed E-state index contributed by atoms with van der Waals surface area (Å²) in [7, 11) is 0.606. The lowest BCUT2D eigenvalue weighted by Crippen LogP contribution is -2.37. The molecule has 1 fully saturated rings. The van der Waals surface area contributed by atoms with Gasteiger partial charge < -0.3 is 4.74 Å². The Labute approximate surface area is 119 Å². The fourth-order valence-electron chi connectivity index (χ4n) is 2.69. The third-order valence-electron chi connectivity index (χ3n) is 5.27. The molecule has 0 spiro atoms. The molecule has 0 radical (unpaired) electrons. The molecule has 106 valence electrons. The molecule has 0 bridgehead atoms. The second kappa shape index (κ2) is 4.97. The fraction of sp³-hybridized carbons (Fsp3) is 0.647. The first-order valence-corrected chi connectivity index (χ1v) is 10.6. The largest absolute Gasteiger partial charge is 0.497 e. The summed E-state index contributed by atoms with van der Waals surface area (Å²) in [5, 5.41) is 0.514. The van der Waals surface area contributed by atoms with Crippen LogP contribution in [0.2, 0.25) is 24.2 Å². The average Bonchev–Trinajstić information content (AvgIpc) is 3.06. The molecule has 0 amide bonds. The molecule has 0 aliphatic heterocycles. The van der Waals surface area contributed by atoms with Crippen molar-refractivity contribution >= 4 is 8.07 Å². The van der Waals surface area contributed by atoms with E-state index in [1.807, 2.05) is 0 Å². The van der Waals surface area contributed by atoms with Crippen molar-refractivity contribution in [3.63, 3.8) is 0 Å². The van der Waals surface area contributed by atoms with Gasteiger partial charge in [0.2, 0.25) is 0 Å². The van der Waals surface area contributed by atoms with Crippen molar-refractivity contribution in [3.05, 3.63) is 29.8 Å². The van der Waals surface area contributed by atoms with Crippen molar-refractivity contribution in [2.24, 2.45) is 5.92 Å². The first-order valence-electron chi connectivity index (χ1n) is 7.38. The van der Waals surface area contributed by atoms with Gasteiger partial charge in [0.1, 0.15) is 5.75 Å². The van der Waals surface area contributed by atoms with E-state index in [1.165, 1.54) is 18.0 Å². The minimum atomic E-state index is -1.12. The summed E-state index contributed by atoms with van der Waals surface area (Å²) in [6.07, 6.45) is 1.39.